The maximum atomic E-state index is 13.1. The van der Waals surface area contributed by atoms with E-state index in [4.69, 9.17) is 9.47 Å². The molecule has 2 aromatic rings. The molecule has 0 N–H and O–H groups in total. The molecule has 1 aliphatic rings. The molecule has 24 heavy (non-hydrogen) atoms. The molecule has 2 aromatic heterocycles. The molecule has 0 saturated carbocycles. The normalized spacial score (nSPS) is 20.6. The van der Waals surface area contributed by atoms with E-state index in [1.807, 2.05) is 13.2 Å². The minimum absolute atomic E-state index is 0.0273. The van der Waals surface area contributed by atoms with Gasteiger partial charge in [-0.05, 0) is 25.0 Å². The van der Waals surface area contributed by atoms with Crippen LogP contribution in [0.1, 0.15) is 24.5 Å². The van der Waals surface area contributed by atoms with Crippen molar-refractivity contribution in [3.8, 4) is 5.75 Å². The van der Waals surface area contributed by atoms with E-state index in [9.17, 15) is 4.79 Å². The molecule has 128 valence electrons. The summed E-state index contributed by atoms with van der Waals surface area (Å²) in [5, 5.41) is 4.20. The molecule has 1 aliphatic heterocycles. The van der Waals surface area contributed by atoms with Crippen LogP contribution < -0.4 is 9.64 Å². The van der Waals surface area contributed by atoms with Gasteiger partial charge in [0.05, 0.1) is 25.3 Å². The van der Waals surface area contributed by atoms with Gasteiger partial charge < -0.3 is 9.47 Å². The number of hydrogen-bond acceptors (Lipinski definition) is 5. The zero-order valence-corrected chi connectivity index (χ0v) is 14.2. The van der Waals surface area contributed by atoms with E-state index < -0.39 is 0 Å². The fourth-order valence-electron chi connectivity index (χ4n) is 3.10. The van der Waals surface area contributed by atoms with Crippen LogP contribution in [-0.2, 0) is 16.6 Å². The fraction of sp³-hybridized carbons (Fsp3) is 0.471. The van der Waals surface area contributed by atoms with Crippen LogP contribution in [-0.4, -0.2) is 41.4 Å². The van der Waals surface area contributed by atoms with Gasteiger partial charge in [0.1, 0.15) is 0 Å². The Labute approximate surface area is 141 Å². The second-order valence-electron chi connectivity index (χ2n) is 5.91. The van der Waals surface area contributed by atoms with E-state index in [0.717, 1.165) is 18.4 Å². The van der Waals surface area contributed by atoms with Gasteiger partial charge in [0.15, 0.2) is 11.6 Å². The van der Waals surface area contributed by atoms with E-state index >= 15 is 0 Å². The molecular formula is C17H22N4O3. The lowest BCUT2D eigenvalue weighted by molar-refractivity contribution is -0.131. The number of anilines is 1. The van der Waals surface area contributed by atoms with Crippen molar-refractivity contribution in [3.63, 3.8) is 0 Å². The number of carbonyl (C=O) groups excluding carboxylic acids is 1. The van der Waals surface area contributed by atoms with Crippen LogP contribution in [0.25, 0.3) is 0 Å². The average molecular weight is 330 g/mol. The highest BCUT2D eigenvalue weighted by molar-refractivity contribution is 5.95. The van der Waals surface area contributed by atoms with E-state index in [0.29, 0.717) is 18.2 Å². The van der Waals surface area contributed by atoms with Crippen molar-refractivity contribution < 1.29 is 14.3 Å². The molecule has 1 fully saturated rings. The predicted octanol–water partition coefficient (Wildman–Crippen LogP) is 1.95. The summed E-state index contributed by atoms with van der Waals surface area (Å²) in [5.74, 6) is 0.795. The number of pyridine rings is 1. The molecular weight excluding hydrogens is 308 g/mol. The lowest BCUT2D eigenvalue weighted by Gasteiger charge is -2.33. The molecule has 0 aliphatic carbocycles. The van der Waals surface area contributed by atoms with Gasteiger partial charge >= 0.3 is 0 Å². The number of aromatic nitrogens is 3. The summed E-state index contributed by atoms with van der Waals surface area (Å²) in [7, 11) is 5.15. The smallest absolute Gasteiger partial charge is 0.234 e. The summed E-state index contributed by atoms with van der Waals surface area (Å²) >= 11 is 0. The van der Waals surface area contributed by atoms with Crippen molar-refractivity contribution in [1.29, 1.82) is 0 Å². The van der Waals surface area contributed by atoms with Crippen molar-refractivity contribution in [1.82, 2.24) is 14.8 Å². The highest BCUT2D eigenvalue weighted by Gasteiger charge is 2.36. The van der Waals surface area contributed by atoms with Gasteiger partial charge in [-0.25, -0.2) is 4.98 Å². The predicted molar refractivity (Wildman–Crippen MR) is 88.8 cm³/mol. The van der Waals surface area contributed by atoms with Crippen molar-refractivity contribution in [3.05, 3.63) is 36.3 Å². The van der Waals surface area contributed by atoms with Gasteiger partial charge in [0.2, 0.25) is 5.91 Å². The van der Waals surface area contributed by atoms with E-state index in [-0.39, 0.29) is 17.9 Å². The molecule has 1 saturated heterocycles. The van der Waals surface area contributed by atoms with Crippen LogP contribution in [0.5, 0.6) is 5.75 Å². The Morgan fingerprint density at radius 2 is 2.33 bits per heavy atom. The highest BCUT2D eigenvalue weighted by Crippen LogP contribution is 2.36. The van der Waals surface area contributed by atoms with Crippen LogP contribution in [0.4, 0.5) is 5.82 Å². The molecule has 0 radical (unpaired) electrons. The first-order valence-electron chi connectivity index (χ1n) is 7.98. The third kappa shape index (κ3) is 3.12. The third-order valence-electron chi connectivity index (χ3n) is 4.31. The van der Waals surface area contributed by atoms with Crippen LogP contribution in [0.3, 0.4) is 0 Å². The van der Waals surface area contributed by atoms with E-state index in [1.165, 1.54) is 0 Å². The van der Waals surface area contributed by atoms with Gasteiger partial charge in [0.25, 0.3) is 0 Å². The van der Waals surface area contributed by atoms with Crippen molar-refractivity contribution in [2.24, 2.45) is 13.0 Å². The minimum Gasteiger partial charge on any atom is -0.493 e. The lowest BCUT2D eigenvalue weighted by atomic mass is 9.89. The fourth-order valence-corrected chi connectivity index (χ4v) is 3.10. The summed E-state index contributed by atoms with van der Waals surface area (Å²) in [5.41, 5.74) is 0.928. The molecule has 7 nitrogen and oxygen atoms in total. The first kappa shape index (κ1) is 16.4. The number of carbonyl (C=O) groups is 1. The first-order valence-corrected chi connectivity index (χ1v) is 7.98. The molecule has 0 bridgehead atoms. The Bertz CT molecular complexity index is 715. The van der Waals surface area contributed by atoms with Crippen LogP contribution in [0.2, 0.25) is 0 Å². The standard InChI is InChI=1S/C17H22N4O3/c1-20-11-12(10-19-20)15-13(6-5-9-24-15)17(22)21(2)16-14(23-3)7-4-8-18-16/h4,7-8,10-11,13,15H,5-6,9H2,1-3H3/t13-,15+/m1/s1. The minimum atomic E-state index is -0.280. The zero-order valence-electron chi connectivity index (χ0n) is 14.2. The van der Waals surface area contributed by atoms with Crippen LogP contribution in [0, 0.1) is 5.92 Å². The number of aryl methyl sites for hydroxylation is 1. The van der Waals surface area contributed by atoms with E-state index in [1.54, 1.807) is 48.3 Å². The number of hydrogen-bond donors (Lipinski definition) is 0. The Morgan fingerprint density at radius 3 is 3.04 bits per heavy atom. The van der Waals surface area contributed by atoms with Gasteiger partial charge in [-0.3, -0.25) is 14.4 Å². The van der Waals surface area contributed by atoms with Crippen molar-refractivity contribution in [2.45, 2.75) is 18.9 Å². The monoisotopic (exact) mass is 330 g/mol. The largest absolute Gasteiger partial charge is 0.493 e. The third-order valence-corrected chi connectivity index (χ3v) is 4.31. The Morgan fingerprint density at radius 1 is 1.50 bits per heavy atom. The molecule has 1 amide bonds. The summed E-state index contributed by atoms with van der Waals surface area (Å²) < 4.78 is 12.9. The van der Waals surface area contributed by atoms with Gasteiger partial charge in [-0.2, -0.15) is 5.10 Å². The Hall–Kier alpha value is -2.41. The van der Waals surface area contributed by atoms with Crippen molar-refractivity contribution in [2.75, 3.05) is 25.7 Å². The van der Waals surface area contributed by atoms with Gasteiger partial charge in [-0.15, -0.1) is 0 Å². The number of nitrogens with zero attached hydrogens (tertiary/aromatic N) is 4. The molecule has 2 atom stereocenters. The highest BCUT2D eigenvalue weighted by atomic mass is 16.5. The number of amides is 1. The molecule has 3 heterocycles. The maximum Gasteiger partial charge on any atom is 0.234 e. The number of ether oxygens (including phenoxy) is 2. The molecule has 0 spiro atoms. The average Bonchev–Trinajstić information content (AvgIpc) is 3.06. The Balaban J connectivity index is 1.86. The molecule has 7 heteroatoms. The van der Waals surface area contributed by atoms with Crippen molar-refractivity contribution >= 4 is 11.7 Å². The Kier molecular flexibility index (Phi) is 4.80. The van der Waals surface area contributed by atoms with Gasteiger partial charge in [0, 0.05) is 38.7 Å². The lowest BCUT2D eigenvalue weighted by Crippen LogP contribution is -2.39. The SMILES string of the molecule is COc1cccnc1N(C)C(=O)[C@@H]1CCCO[C@H]1c1cnn(C)c1. The maximum absolute atomic E-state index is 13.1. The van der Waals surface area contributed by atoms with E-state index in [2.05, 4.69) is 10.1 Å². The molecule has 0 unspecified atom stereocenters. The topological polar surface area (TPSA) is 69.5 Å². The number of rotatable bonds is 4. The summed E-state index contributed by atoms with van der Waals surface area (Å²) in [6.07, 6.45) is 6.67. The summed E-state index contributed by atoms with van der Waals surface area (Å²) in [6.45, 7) is 0.653. The summed E-state index contributed by atoms with van der Waals surface area (Å²) in [4.78, 5) is 18.9. The summed E-state index contributed by atoms with van der Waals surface area (Å²) in [6, 6.07) is 3.57. The van der Waals surface area contributed by atoms with Gasteiger partial charge in [-0.1, -0.05) is 0 Å². The number of methoxy groups -OCH3 is 1. The van der Waals surface area contributed by atoms with Crippen LogP contribution >= 0.6 is 0 Å². The molecule has 0 aromatic carbocycles. The second kappa shape index (κ2) is 7.00. The first-order chi connectivity index (χ1) is 11.6. The zero-order chi connectivity index (χ0) is 17.1. The molecule has 3 rings (SSSR count). The van der Waals surface area contributed by atoms with Crippen LogP contribution in [0.15, 0.2) is 30.7 Å². The quantitative estimate of drug-likeness (QED) is 0.857. The second-order valence-corrected chi connectivity index (χ2v) is 5.91.